The molecule has 1 unspecified atom stereocenters. The average Bonchev–Trinajstić information content (AvgIpc) is 2.85. The average molecular weight is 473 g/mol. The Kier molecular flexibility index (Phi) is 9.47. The summed E-state index contributed by atoms with van der Waals surface area (Å²) in [5.41, 5.74) is 4.20. The molecule has 0 heterocycles. The lowest BCUT2D eigenvalue weighted by Gasteiger charge is -2.32. The second-order valence-corrected chi connectivity index (χ2v) is 9.39. The van der Waals surface area contributed by atoms with Gasteiger partial charge in [-0.05, 0) is 48.6 Å². The van der Waals surface area contributed by atoms with Gasteiger partial charge in [-0.2, -0.15) is 0 Å². The monoisotopic (exact) mass is 472 g/mol. The van der Waals surface area contributed by atoms with Crippen molar-refractivity contribution < 1.29 is 14.3 Å². The fraction of sp³-hybridized carbons (Fsp3) is 0.333. The van der Waals surface area contributed by atoms with Crippen molar-refractivity contribution in [2.24, 2.45) is 5.92 Å². The van der Waals surface area contributed by atoms with Gasteiger partial charge >= 0.3 is 0 Å². The molecule has 35 heavy (non-hydrogen) atoms. The first kappa shape index (κ1) is 26.0. The molecule has 0 aromatic heterocycles. The minimum Gasteiger partial charge on any atom is -0.484 e. The molecule has 5 heteroatoms. The minimum absolute atomic E-state index is 0.141. The van der Waals surface area contributed by atoms with E-state index in [1.54, 1.807) is 4.90 Å². The molecule has 0 saturated carbocycles. The normalized spacial score (nSPS) is 11.7. The van der Waals surface area contributed by atoms with Gasteiger partial charge < -0.3 is 15.0 Å². The molecule has 3 rings (SSSR count). The van der Waals surface area contributed by atoms with Crippen LogP contribution in [-0.4, -0.2) is 35.9 Å². The Morgan fingerprint density at radius 2 is 1.54 bits per heavy atom. The Balaban J connectivity index is 1.90. The molecule has 184 valence electrons. The summed E-state index contributed by atoms with van der Waals surface area (Å²) in [7, 11) is 0. The van der Waals surface area contributed by atoms with E-state index in [1.165, 1.54) is 0 Å². The van der Waals surface area contributed by atoms with E-state index in [4.69, 9.17) is 4.74 Å². The third kappa shape index (κ3) is 7.99. The lowest BCUT2D eigenvalue weighted by Crippen LogP contribution is -2.52. The van der Waals surface area contributed by atoms with Crippen molar-refractivity contribution in [1.29, 1.82) is 0 Å². The largest absolute Gasteiger partial charge is 0.484 e. The third-order valence-corrected chi connectivity index (χ3v) is 5.94. The molecule has 0 aliphatic carbocycles. The standard InChI is InChI=1S/C30H36N2O3/c1-22(2)19-31-30(34)28(18-25-11-6-5-7-12-25)32(20-26-13-9-8-10-24(26)4)29(33)21-35-27-16-14-23(3)15-17-27/h5-17,22,28H,18-21H2,1-4H3,(H,31,34). The van der Waals surface area contributed by atoms with Gasteiger partial charge in [0.05, 0.1) is 0 Å². The summed E-state index contributed by atoms with van der Waals surface area (Å²) in [5, 5.41) is 3.04. The van der Waals surface area contributed by atoms with Crippen molar-refractivity contribution in [1.82, 2.24) is 10.2 Å². The van der Waals surface area contributed by atoms with Crippen LogP contribution < -0.4 is 10.1 Å². The lowest BCUT2D eigenvalue weighted by molar-refractivity contribution is -0.142. The fourth-order valence-electron chi connectivity index (χ4n) is 3.81. The van der Waals surface area contributed by atoms with Crippen molar-refractivity contribution in [2.45, 2.75) is 46.7 Å². The number of hydrogen-bond acceptors (Lipinski definition) is 3. The number of carbonyl (C=O) groups is 2. The predicted octanol–water partition coefficient (Wildman–Crippen LogP) is 5.09. The molecule has 0 bridgehead atoms. The van der Waals surface area contributed by atoms with Gasteiger partial charge in [-0.3, -0.25) is 9.59 Å². The van der Waals surface area contributed by atoms with E-state index in [2.05, 4.69) is 19.2 Å². The van der Waals surface area contributed by atoms with Crippen molar-refractivity contribution in [3.05, 3.63) is 101 Å². The molecule has 0 aliphatic rings. The van der Waals surface area contributed by atoms with Gasteiger partial charge in [-0.15, -0.1) is 0 Å². The van der Waals surface area contributed by atoms with Crippen molar-refractivity contribution in [3.63, 3.8) is 0 Å². The third-order valence-electron chi connectivity index (χ3n) is 5.94. The summed E-state index contributed by atoms with van der Waals surface area (Å²) < 4.78 is 5.83. The first-order valence-electron chi connectivity index (χ1n) is 12.2. The lowest BCUT2D eigenvalue weighted by atomic mass is 10.0. The molecule has 0 aliphatic heterocycles. The number of hydrogen-bond donors (Lipinski definition) is 1. The molecule has 0 spiro atoms. The van der Waals surface area contributed by atoms with Gasteiger partial charge in [0, 0.05) is 19.5 Å². The van der Waals surface area contributed by atoms with Crippen LogP contribution in [-0.2, 0) is 22.6 Å². The topological polar surface area (TPSA) is 58.6 Å². The van der Waals surface area contributed by atoms with E-state index < -0.39 is 6.04 Å². The minimum atomic E-state index is -0.662. The van der Waals surface area contributed by atoms with Gasteiger partial charge in [0.1, 0.15) is 11.8 Å². The zero-order chi connectivity index (χ0) is 25.2. The number of nitrogens with one attached hydrogen (secondary N) is 1. The molecule has 5 nitrogen and oxygen atoms in total. The maximum atomic E-state index is 13.6. The molecular formula is C30H36N2O3. The van der Waals surface area contributed by atoms with Gasteiger partial charge in [0.25, 0.3) is 5.91 Å². The van der Waals surface area contributed by atoms with E-state index in [0.717, 1.165) is 22.3 Å². The zero-order valence-corrected chi connectivity index (χ0v) is 21.2. The molecule has 3 aromatic rings. The molecule has 3 aromatic carbocycles. The van der Waals surface area contributed by atoms with Gasteiger partial charge in [-0.25, -0.2) is 0 Å². The van der Waals surface area contributed by atoms with Crippen molar-refractivity contribution >= 4 is 11.8 Å². The highest BCUT2D eigenvalue weighted by molar-refractivity contribution is 5.88. The smallest absolute Gasteiger partial charge is 0.261 e. The van der Waals surface area contributed by atoms with E-state index >= 15 is 0 Å². The van der Waals surface area contributed by atoms with Crippen LogP contribution in [0.4, 0.5) is 0 Å². The summed E-state index contributed by atoms with van der Waals surface area (Å²) in [5.74, 6) is 0.555. The Morgan fingerprint density at radius 1 is 0.886 bits per heavy atom. The summed E-state index contributed by atoms with van der Waals surface area (Å²) in [6.07, 6.45) is 0.424. The van der Waals surface area contributed by atoms with E-state index in [0.29, 0.717) is 31.2 Å². The summed E-state index contributed by atoms with van der Waals surface area (Å²) in [6, 6.07) is 24.7. The first-order chi connectivity index (χ1) is 16.8. The SMILES string of the molecule is Cc1ccc(OCC(=O)N(Cc2ccccc2C)C(Cc2ccccc2)C(=O)NCC(C)C)cc1. The van der Waals surface area contributed by atoms with Gasteiger partial charge in [-0.1, -0.05) is 86.1 Å². The second-order valence-electron chi connectivity index (χ2n) is 9.39. The van der Waals surface area contributed by atoms with Crippen LogP contribution in [0.3, 0.4) is 0 Å². The van der Waals surface area contributed by atoms with Gasteiger partial charge in [0.2, 0.25) is 5.91 Å². The van der Waals surface area contributed by atoms with Crippen LogP contribution in [0.25, 0.3) is 0 Å². The molecule has 2 amide bonds. The molecular weight excluding hydrogens is 436 g/mol. The second kappa shape index (κ2) is 12.7. The van der Waals surface area contributed by atoms with Crippen LogP contribution in [0.5, 0.6) is 5.75 Å². The summed E-state index contributed by atoms with van der Waals surface area (Å²) >= 11 is 0. The van der Waals surface area contributed by atoms with Crippen molar-refractivity contribution in [2.75, 3.05) is 13.2 Å². The number of ether oxygens (including phenoxy) is 1. The highest BCUT2D eigenvalue weighted by Gasteiger charge is 2.31. The van der Waals surface area contributed by atoms with Crippen LogP contribution in [0.15, 0.2) is 78.9 Å². The maximum Gasteiger partial charge on any atom is 0.261 e. The number of rotatable bonds is 11. The first-order valence-corrected chi connectivity index (χ1v) is 12.2. The maximum absolute atomic E-state index is 13.6. The predicted molar refractivity (Wildman–Crippen MR) is 140 cm³/mol. The fourth-order valence-corrected chi connectivity index (χ4v) is 3.81. The Labute approximate surface area is 209 Å². The Bertz CT molecular complexity index is 1090. The van der Waals surface area contributed by atoms with E-state index in [1.807, 2.05) is 92.7 Å². The van der Waals surface area contributed by atoms with Crippen LogP contribution >= 0.6 is 0 Å². The summed E-state index contributed by atoms with van der Waals surface area (Å²) in [4.78, 5) is 28.7. The van der Waals surface area contributed by atoms with Crippen molar-refractivity contribution in [3.8, 4) is 5.75 Å². The molecule has 0 radical (unpaired) electrons. The number of carbonyl (C=O) groups excluding carboxylic acids is 2. The molecule has 1 atom stereocenters. The Morgan fingerprint density at radius 3 is 2.20 bits per heavy atom. The van der Waals surface area contributed by atoms with Crippen LogP contribution in [0.2, 0.25) is 0 Å². The highest BCUT2D eigenvalue weighted by atomic mass is 16.5. The van der Waals surface area contributed by atoms with Crippen LogP contribution in [0.1, 0.15) is 36.1 Å². The molecule has 1 N–H and O–H groups in total. The number of nitrogens with zero attached hydrogens (tertiary/aromatic N) is 1. The molecule has 0 fully saturated rings. The molecule has 0 saturated heterocycles. The van der Waals surface area contributed by atoms with E-state index in [9.17, 15) is 9.59 Å². The number of amides is 2. The zero-order valence-electron chi connectivity index (χ0n) is 21.2. The quantitative estimate of drug-likeness (QED) is 0.423. The summed E-state index contributed by atoms with van der Waals surface area (Å²) in [6.45, 7) is 8.87. The number of benzene rings is 3. The van der Waals surface area contributed by atoms with E-state index in [-0.39, 0.29) is 18.4 Å². The Hall–Kier alpha value is -3.60. The van der Waals surface area contributed by atoms with Gasteiger partial charge in [0.15, 0.2) is 6.61 Å². The number of aryl methyl sites for hydroxylation is 2. The van der Waals surface area contributed by atoms with Crippen LogP contribution in [0, 0.1) is 19.8 Å². The highest BCUT2D eigenvalue weighted by Crippen LogP contribution is 2.18.